The fourth-order valence-electron chi connectivity index (χ4n) is 3.52. The highest BCUT2D eigenvalue weighted by molar-refractivity contribution is 6.31. The molecular formula is C24H25ClN4O4. The second-order valence-corrected chi connectivity index (χ2v) is 8.33. The lowest BCUT2D eigenvalue weighted by Gasteiger charge is -2.26. The van der Waals surface area contributed by atoms with Crippen LogP contribution in [0.1, 0.15) is 27.2 Å². The molecule has 8 nitrogen and oxygen atoms in total. The zero-order valence-electron chi connectivity index (χ0n) is 18.2. The van der Waals surface area contributed by atoms with Crippen molar-refractivity contribution in [3.63, 3.8) is 0 Å². The van der Waals surface area contributed by atoms with Crippen molar-refractivity contribution in [3.05, 3.63) is 69.9 Å². The molecule has 0 spiro atoms. The van der Waals surface area contributed by atoms with Crippen molar-refractivity contribution in [1.82, 2.24) is 20.2 Å². The summed E-state index contributed by atoms with van der Waals surface area (Å²) in [4.78, 5) is 23.1. The van der Waals surface area contributed by atoms with Crippen molar-refractivity contribution >= 4 is 17.5 Å². The molecule has 2 aromatic carbocycles. The second-order valence-electron chi connectivity index (χ2n) is 7.92. The summed E-state index contributed by atoms with van der Waals surface area (Å²) in [6.45, 7) is 6.15. The van der Waals surface area contributed by atoms with Gasteiger partial charge in [0.2, 0.25) is 5.75 Å². The molecule has 1 aliphatic heterocycles. The molecule has 0 saturated carbocycles. The SMILES string of the molecule is Cc1ccc(CNC(=O)c2nc(-c3ccc(CN4CCOCC4)cc3)nc(O)c2O)cc1Cl. The molecule has 1 saturated heterocycles. The lowest BCUT2D eigenvalue weighted by Crippen LogP contribution is -2.35. The van der Waals surface area contributed by atoms with Gasteiger partial charge in [0.1, 0.15) is 0 Å². The number of ether oxygens (including phenoxy) is 1. The molecule has 172 valence electrons. The monoisotopic (exact) mass is 468 g/mol. The van der Waals surface area contributed by atoms with Crippen molar-refractivity contribution in [2.75, 3.05) is 26.3 Å². The predicted octanol–water partition coefficient (Wildman–Crippen LogP) is 3.28. The van der Waals surface area contributed by atoms with Crippen LogP contribution in [-0.4, -0.2) is 57.3 Å². The molecular weight excluding hydrogens is 444 g/mol. The molecule has 1 aromatic heterocycles. The Morgan fingerprint density at radius 1 is 1.09 bits per heavy atom. The third-order valence-corrected chi connectivity index (χ3v) is 5.90. The Bertz CT molecular complexity index is 1150. The van der Waals surface area contributed by atoms with Gasteiger partial charge >= 0.3 is 0 Å². The van der Waals surface area contributed by atoms with Crippen LogP contribution >= 0.6 is 11.6 Å². The molecule has 0 atom stereocenters. The van der Waals surface area contributed by atoms with E-state index in [0.29, 0.717) is 10.6 Å². The summed E-state index contributed by atoms with van der Waals surface area (Å²) in [6, 6.07) is 13.0. The number of aryl methyl sites for hydroxylation is 1. The van der Waals surface area contributed by atoms with E-state index in [1.54, 1.807) is 6.07 Å². The zero-order chi connectivity index (χ0) is 23.4. The third kappa shape index (κ3) is 5.60. The summed E-state index contributed by atoms with van der Waals surface area (Å²) in [5.41, 5.74) is 3.18. The fraction of sp³-hybridized carbons (Fsp3) is 0.292. The summed E-state index contributed by atoms with van der Waals surface area (Å²) < 4.78 is 5.38. The summed E-state index contributed by atoms with van der Waals surface area (Å²) in [5.74, 6) is -1.80. The number of carbonyl (C=O) groups excluding carboxylic acids is 1. The van der Waals surface area contributed by atoms with Crippen molar-refractivity contribution < 1.29 is 19.7 Å². The van der Waals surface area contributed by atoms with E-state index in [1.165, 1.54) is 0 Å². The van der Waals surface area contributed by atoms with Gasteiger partial charge in [-0.1, -0.05) is 48.0 Å². The molecule has 3 aromatic rings. The number of carbonyl (C=O) groups is 1. The number of nitrogens with zero attached hydrogens (tertiary/aromatic N) is 3. The molecule has 0 aliphatic carbocycles. The first-order valence-corrected chi connectivity index (χ1v) is 11.0. The molecule has 0 bridgehead atoms. The van der Waals surface area contributed by atoms with Gasteiger partial charge in [-0.15, -0.1) is 0 Å². The van der Waals surface area contributed by atoms with Crippen LogP contribution in [0, 0.1) is 6.92 Å². The molecule has 0 unspecified atom stereocenters. The number of nitrogens with one attached hydrogen (secondary N) is 1. The van der Waals surface area contributed by atoms with E-state index in [0.717, 1.165) is 49.5 Å². The Balaban J connectivity index is 1.49. The lowest BCUT2D eigenvalue weighted by atomic mass is 10.1. The van der Waals surface area contributed by atoms with E-state index in [4.69, 9.17) is 16.3 Å². The Morgan fingerprint density at radius 2 is 1.79 bits per heavy atom. The first-order chi connectivity index (χ1) is 15.9. The van der Waals surface area contributed by atoms with Crippen LogP contribution in [-0.2, 0) is 17.8 Å². The third-order valence-electron chi connectivity index (χ3n) is 5.49. The molecule has 9 heteroatoms. The summed E-state index contributed by atoms with van der Waals surface area (Å²) in [6.07, 6.45) is 0. The zero-order valence-corrected chi connectivity index (χ0v) is 19.0. The number of rotatable bonds is 6. The van der Waals surface area contributed by atoms with Crippen LogP contribution in [0.4, 0.5) is 0 Å². The second kappa shape index (κ2) is 10.2. The number of halogens is 1. The van der Waals surface area contributed by atoms with Gasteiger partial charge in [-0.25, -0.2) is 4.98 Å². The van der Waals surface area contributed by atoms with Crippen molar-refractivity contribution in [3.8, 4) is 23.0 Å². The van der Waals surface area contributed by atoms with Gasteiger partial charge in [-0.2, -0.15) is 4.98 Å². The van der Waals surface area contributed by atoms with E-state index in [1.807, 2.05) is 43.3 Å². The highest BCUT2D eigenvalue weighted by Crippen LogP contribution is 2.29. The maximum atomic E-state index is 12.7. The Kier molecular flexibility index (Phi) is 7.08. The quantitative estimate of drug-likeness (QED) is 0.509. The number of morpholine rings is 1. The van der Waals surface area contributed by atoms with E-state index < -0.39 is 17.5 Å². The number of aromatic hydroxyl groups is 2. The minimum atomic E-state index is -0.665. The molecule has 1 amide bonds. The number of hydrogen-bond acceptors (Lipinski definition) is 7. The van der Waals surface area contributed by atoms with Crippen LogP contribution in [0.3, 0.4) is 0 Å². The van der Waals surface area contributed by atoms with Crippen LogP contribution in [0.25, 0.3) is 11.4 Å². The fourth-order valence-corrected chi connectivity index (χ4v) is 3.72. The number of amides is 1. The van der Waals surface area contributed by atoms with Crippen molar-refractivity contribution in [1.29, 1.82) is 0 Å². The average molecular weight is 469 g/mol. The van der Waals surface area contributed by atoms with E-state index >= 15 is 0 Å². The Morgan fingerprint density at radius 3 is 2.48 bits per heavy atom. The molecule has 3 N–H and O–H groups in total. The van der Waals surface area contributed by atoms with Gasteiger partial charge in [0.15, 0.2) is 11.5 Å². The summed E-state index contributed by atoms with van der Waals surface area (Å²) >= 11 is 6.13. The Hall–Kier alpha value is -3.20. The predicted molar refractivity (Wildman–Crippen MR) is 124 cm³/mol. The molecule has 2 heterocycles. The molecule has 1 aliphatic rings. The number of aromatic nitrogens is 2. The van der Waals surface area contributed by atoms with Crippen molar-refractivity contribution in [2.45, 2.75) is 20.0 Å². The minimum absolute atomic E-state index is 0.145. The smallest absolute Gasteiger partial charge is 0.274 e. The standard InChI is InChI=1S/C24H25ClN4O4/c1-15-2-3-17(12-19(15)25)13-26-23(31)20-21(30)24(32)28-22(27-20)18-6-4-16(5-7-18)14-29-8-10-33-11-9-29/h2-7,12,30H,8-11,13-14H2,1H3,(H,26,31)(H,27,28,32). The number of benzene rings is 2. The normalized spacial score (nSPS) is 14.2. The molecule has 0 radical (unpaired) electrons. The van der Waals surface area contributed by atoms with Crippen molar-refractivity contribution in [2.24, 2.45) is 0 Å². The molecule has 4 rings (SSSR count). The van der Waals surface area contributed by atoms with Crippen LogP contribution in [0.2, 0.25) is 5.02 Å². The maximum absolute atomic E-state index is 12.7. The van der Waals surface area contributed by atoms with Crippen LogP contribution < -0.4 is 5.32 Å². The molecule has 1 fully saturated rings. The topological polar surface area (TPSA) is 108 Å². The van der Waals surface area contributed by atoms with Gasteiger partial charge < -0.3 is 20.3 Å². The van der Waals surface area contributed by atoms with Gasteiger partial charge in [0.05, 0.1) is 13.2 Å². The summed E-state index contributed by atoms with van der Waals surface area (Å²) in [5, 5.41) is 23.6. The van der Waals surface area contributed by atoms with Gasteiger partial charge in [0, 0.05) is 36.8 Å². The Labute approximate surface area is 196 Å². The van der Waals surface area contributed by atoms with Crippen LogP contribution in [0.5, 0.6) is 11.6 Å². The lowest BCUT2D eigenvalue weighted by molar-refractivity contribution is 0.0342. The maximum Gasteiger partial charge on any atom is 0.274 e. The van der Waals surface area contributed by atoms with Gasteiger partial charge in [0.25, 0.3) is 11.8 Å². The summed E-state index contributed by atoms with van der Waals surface area (Å²) in [7, 11) is 0. The first kappa shape index (κ1) is 23.0. The molecule has 33 heavy (non-hydrogen) atoms. The van der Waals surface area contributed by atoms with E-state index in [2.05, 4.69) is 20.2 Å². The van der Waals surface area contributed by atoms with Gasteiger partial charge in [-0.3, -0.25) is 9.69 Å². The average Bonchev–Trinajstić information content (AvgIpc) is 2.82. The number of hydrogen-bond donors (Lipinski definition) is 3. The first-order valence-electron chi connectivity index (χ1n) is 10.6. The highest BCUT2D eigenvalue weighted by atomic mass is 35.5. The highest BCUT2D eigenvalue weighted by Gasteiger charge is 2.20. The van der Waals surface area contributed by atoms with Crippen LogP contribution in [0.15, 0.2) is 42.5 Å². The van der Waals surface area contributed by atoms with Gasteiger partial charge in [-0.05, 0) is 29.7 Å². The minimum Gasteiger partial charge on any atom is -0.501 e. The van der Waals surface area contributed by atoms with E-state index in [9.17, 15) is 15.0 Å². The largest absolute Gasteiger partial charge is 0.501 e. The van der Waals surface area contributed by atoms with E-state index in [-0.39, 0.29) is 18.1 Å².